The molecule has 0 saturated heterocycles. The first-order valence-electron chi connectivity index (χ1n) is 6.65. The van der Waals surface area contributed by atoms with Gasteiger partial charge in [-0.1, -0.05) is 32.4 Å². The summed E-state index contributed by atoms with van der Waals surface area (Å²) in [7, 11) is 0. The van der Waals surface area contributed by atoms with Gasteiger partial charge in [0.25, 0.3) is 0 Å². The van der Waals surface area contributed by atoms with Crippen LogP contribution in [-0.4, -0.2) is 11.9 Å². The maximum Gasteiger partial charge on any atom is 0.248 e. The Labute approximate surface area is 110 Å². The van der Waals surface area contributed by atoms with Crippen LogP contribution >= 0.6 is 0 Å². The van der Waals surface area contributed by atoms with Gasteiger partial charge in [-0.15, -0.1) is 0 Å². The summed E-state index contributed by atoms with van der Waals surface area (Å²) in [6.45, 7) is 7.54. The Morgan fingerprint density at radius 2 is 1.89 bits per heavy atom. The van der Waals surface area contributed by atoms with E-state index in [1.165, 1.54) is 18.4 Å². The summed E-state index contributed by atoms with van der Waals surface area (Å²) in [5.41, 5.74) is 6.94. The SMILES string of the molecule is CCC(C)CC(C)NCc1ccc(C(N)=O)cc1. The topological polar surface area (TPSA) is 55.1 Å². The standard InChI is InChI=1S/C15H24N2O/c1-4-11(2)9-12(3)17-10-13-5-7-14(8-6-13)15(16)18/h5-8,11-12,17H,4,9-10H2,1-3H3,(H2,16,18). The van der Waals surface area contributed by atoms with E-state index < -0.39 is 0 Å². The first-order valence-corrected chi connectivity index (χ1v) is 6.65. The summed E-state index contributed by atoms with van der Waals surface area (Å²) >= 11 is 0. The number of hydrogen-bond donors (Lipinski definition) is 2. The zero-order chi connectivity index (χ0) is 13.5. The summed E-state index contributed by atoms with van der Waals surface area (Å²) in [5.74, 6) is 0.379. The second-order valence-electron chi connectivity index (χ2n) is 5.09. The predicted molar refractivity (Wildman–Crippen MR) is 75.3 cm³/mol. The second-order valence-corrected chi connectivity index (χ2v) is 5.09. The van der Waals surface area contributed by atoms with Gasteiger partial charge in [0.15, 0.2) is 0 Å². The molecule has 3 N–H and O–H groups in total. The molecule has 1 aromatic carbocycles. The minimum atomic E-state index is -0.375. The van der Waals surface area contributed by atoms with E-state index in [-0.39, 0.29) is 5.91 Å². The quantitative estimate of drug-likeness (QED) is 0.779. The largest absolute Gasteiger partial charge is 0.366 e. The van der Waals surface area contributed by atoms with Crippen LogP contribution in [0.1, 0.15) is 49.5 Å². The average Bonchev–Trinajstić information content (AvgIpc) is 2.36. The van der Waals surface area contributed by atoms with Crippen molar-refractivity contribution in [2.75, 3.05) is 0 Å². The van der Waals surface area contributed by atoms with E-state index in [1.54, 1.807) is 12.1 Å². The molecule has 2 unspecified atom stereocenters. The van der Waals surface area contributed by atoms with Gasteiger partial charge in [-0.2, -0.15) is 0 Å². The summed E-state index contributed by atoms with van der Waals surface area (Å²) in [4.78, 5) is 10.9. The molecular formula is C15H24N2O. The van der Waals surface area contributed by atoms with E-state index >= 15 is 0 Å². The molecular weight excluding hydrogens is 224 g/mol. The maximum absolute atomic E-state index is 10.9. The molecule has 2 atom stereocenters. The van der Waals surface area contributed by atoms with Crippen LogP contribution in [0.3, 0.4) is 0 Å². The Kier molecular flexibility index (Phi) is 5.86. The van der Waals surface area contributed by atoms with Crippen molar-refractivity contribution >= 4 is 5.91 Å². The molecule has 18 heavy (non-hydrogen) atoms. The highest BCUT2D eigenvalue weighted by Gasteiger charge is 2.06. The summed E-state index contributed by atoms with van der Waals surface area (Å²) in [6.07, 6.45) is 2.41. The smallest absolute Gasteiger partial charge is 0.248 e. The van der Waals surface area contributed by atoms with Gasteiger partial charge in [0.1, 0.15) is 0 Å². The van der Waals surface area contributed by atoms with Crippen LogP contribution in [0, 0.1) is 5.92 Å². The van der Waals surface area contributed by atoms with Crippen LogP contribution in [0.25, 0.3) is 0 Å². The Hall–Kier alpha value is -1.35. The summed E-state index contributed by atoms with van der Waals surface area (Å²) < 4.78 is 0. The van der Waals surface area contributed by atoms with Crippen molar-refractivity contribution in [3.8, 4) is 0 Å². The average molecular weight is 248 g/mol. The molecule has 0 aromatic heterocycles. The molecule has 100 valence electrons. The molecule has 0 spiro atoms. The number of benzene rings is 1. The third-order valence-corrected chi connectivity index (χ3v) is 3.35. The highest BCUT2D eigenvalue weighted by Crippen LogP contribution is 2.10. The molecule has 0 radical (unpaired) electrons. The Morgan fingerprint density at radius 1 is 1.28 bits per heavy atom. The van der Waals surface area contributed by atoms with Gasteiger partial charge < -0.3 is 11.1 Å². The van der Waals surface area contributed by atoms with Crippen LogP contribution in [-0.2, 0) is 6.54 Å². The molecule has 1 amide bonds. The third-order valence-electron chi connectivity index (χ3n) is 3.35. The highest BCUT2D eigenvalue weighted by molar-refractivity contribution is 5.92. The van der Waals surface area contributed by atoms with Crippen LogP contribution in [0.4, 0.5) is 0 Å². The van der Waals surface area contributed by atoms with E-state index in [9.17, 15) is 4.79 Å². The number of nitrogens with two attached hydrogens (primary N) is 1. The van der Waals surface area contributed by atoms with Gasteiger partial charge in [-0.25, -0.2) is 0 Å². The van der Waals surface area contributed by atoms with Gasteiger partial charge in [0.2, 0.25) is 5.91 Å². The van der Waals surface area contributed by atoms with Crippen molar-refractivity contribution < 1.29 is 4.79 Å². The van der Waals surface area contributed by atoms with E-state index in [4.69, 9.17) is 5.73 Å². The molecule has 1 rings (SSSR count). The first-order chi connectivity index (χ1) is 8.52. The molecule has 0 fully saturated rings. The molecule has 0 aliphatic carbocycles. The number of amides is 1. The summed E-state index contributed by atoms with van der Waals surface area (Å²) in [6, 6.07) is 7.96. The molecule has 0 saturated carbocycles. The second kappa shape index (κ2) is 7.17. The van der Waals surface area contributed by atoms with Gasteiger partial charge >= 0.3 is 0 Å². The third kappa shape index (κ3) is 4.88. The Bertz CT molecular complexity index is 373. The lowest BCUT2D eigenvalue weighted by Gasteiger charge is -2.17. The lowest BCUT2D eigenvalue weighted by atomic mass is 10.0. The lowest BCUT2D eigenvalue weighted by Crippen LogP contribution is -2.27. The van der Waals surface area contributed by atoms with Crippen molar-refractivity contribution in [2.24, 2.45) is 11.7 Å². The molecule has 0 bridgehead atoms. The van der Waals surface area contributed by atoms with Crippen molar-refractivity contribution in [1.82, 2.24) is 5.32 Å². The van der Waals surface area contributed by atoms with Crippen molar-refractivity contribution in [1.29, 1.82) is 0 Å². The Morgan fingerprint density at radius 3 is 2.39 bits per heavy atom. The monoisotopic (exact) mass is 248 g/mol. The number of carbonyl (C=O) groups excluding carboxylic acids is 1. The van der Waals surface area contributed by atoms with Gasteiger partial charge in [-0.3, -0.25) is 4.79 Å². The fourth-order valence-corrected chi connectivity index (χ4v) is 1.93. The normalized spacial score (nSPS) is 14.2. The number of primary amides is 1. The number of rotatable bonds is 7. The van der Waals surface area contributed by atoms with Crippen molar-refractivity contribution in [3.63, 3.8) is 0 Å². The number of carbonyl (C=O) groups is 1. The molecule has 3 nitrogen and oxygen atoms in total. The van der Waals surface area contributed by atoms with Crippen molar-refractivity contribution in [2.45, 2.75) is 46.2 Å². The number of hydrogen-bond acceptors (Lipinski definition) is 2. The van der Waals surface area contributed by atoms with Crippen LogP contribution in [0.15, 0.2) is 24.3 Å². The van der Waals surface area contributed by atoms with Crippen molar-refractivity contribution in [3.05, 3.63) is 35.4 Å². The summed E-state index contributed by atoms with van der Waals surface area (Å²) in [5, 5.41) is 3.50. The van der Waals surface area contributed by atoms with E-state index in [1.807, 2.05) is 12.1 Å². The highest BCUT2D eigenvalue weighted by atomic mass is 16.1. The zero-order valence-electron chi connectivity index (χ0n) is 11.6. The fourth-order valence-electron chi connectivity index (χ4n) is 1.93. The number of nitrogens with one attached hydrogen (secondary N) is 1. The van der Waals surface area contributed by atoms with Crippen LogP contribution in [0.5, 0.6) is 0 Å². The van der Waals surface area contributed by atoms with Gasteiger partial charge in [0.05, 0.1) is 0 Å². The molecule has 0 heterocycles. The molecule has 3 heteroatoms. The molecule has 0 aliphatic rings. The minimum Gasteiger partial charge on any atom is -0.366 e. The first kappa shape index (κ1) is 14.7. The van der Waals surface area contributed by atoms with Gasteiger partial charge in [-0.05, 0) is 37.0 Å². The van der Waals surface area contributed by atoms with E-state index in [2.05, 4.69) is 26.1 Å². The molecule has 0 aliphatic heterocycles. The zero-order valence-corrected chi connectivity index (χ0v) is 11.6. The fraction of sp³-hybridized carbons (Fsp3) is 0.533. The van der Waals surface area contributed by atoms with Gasteiger partial charge in [0, 0.05) is 18.2 Å². The van der Waals surface area contributed by atoms with E-state index in [0.29, 0.717) is 11.6 Å². The minimum absolute atomic E-state index is 0.375. The van der Waals surface area contributed by atoms with Crippen LogP contribution < -0.4 is 11.1 Å². The lowest BCUT2D eigenvalue weighted by molar-refractivity contribution is 0.100. The Balaban J connectivity index is 2.41. The van der Waals surface area contributed by atoms with Crippen LogP contribution in [0.2, 0.25) is 0 Å². The maximum atomic E-state index is 10.9. The molecule has 1 aromatic rings. The predicted octanol–water partition coefficient (Wildman–Crippen LogP) is 2.70. The van der Waals surface area contributed by atoms with E-state index in [0.717, 1.165) is 12.5 Å².